The monoisotopic (exact) mass is 273 g/mol. The van der Waals surface area contributed by atoms with E-state index in [1.54, 1.807) is 18.2 Å². The van der Waals surface area contributed by atoms with Crippen molar-refractivity contribution in [3.8, 4) is 0 Å². The lowest BCUT2D eigenvalue weighted by Gasteiger charge is -2.08. The van der Waals surface area contributed by atoms with E-state index < -0.39 is 6.10 Å². The summed E-state index contributed by atoms with van der Waals surface area (Å²) < 4.78 is 13.2. The molecule has 0 aliphatic heterocycles. The number of amides is 1. The van der Waals surface area contributed by atoms with Gasteiger partial charge in [-0.25, -0.2) is 4.39 Å². The third-order valence-corrected chi connectivity index (χ3v) is 3.22. The van der Waals surface area contributed by atoms with Crippen LogP contribution in [0.5, 0.6) is 0 Å². The highest BCUT2D eigenvalue weighted by Gasteiger charge is 2.07. The van der Waals surface area contributed by atoms with Gasteiger partial charge in [-0.2, -0.15) is 0 Å². The molecule has 0 fully saturated rings. The van der Waals surface area contributed by atoms with Crippen LogP contribution in [0.2, 0.25) is 0 Å². The number of benzene rings is 1. The molecule has 1 aromatic carbocycles. The van der Waals surface area contributed by atoms with Gasteiger partial charge in [0, 0.05) is 23.6 Å². The highest BCUT2D eigenvalue weighted by molar-refractivity contribution is 7.99. The Kier molecular flexibility index (Phi) is 6.70. The molecule has 0 spiro atoms. The van der Waals surface area contributed by atoms with Crippen molar-refractivity contribution in [3.63, 3.8) is 0 Å². The smallest absolute Gasteiger partial charge is 0.220 e. The van der Waals surface area contributed by atoms with E-state index in [4.69, 9.17) is 10.2 Å². The summed E-state index contributed by atoms with van der Waals surface area (Å²) in [7, 11) is 0. The molecular formula is C12H16FNO3S. The molecule has 3 N–H and O–H groups in total. The third kappa shape index (κ3) is 5.48. The van der Waals surface area contributed by atoms with Gasteiger partial charge in [0.2, 0.25) is 5.91 Å². The lowest BCUT2D eigenvalue weighted by atomic mass is 10.3. The second kappa shape index (κ2) is 8.07. The topological polar surface area (TPSA) is 69.6 Å². The molecule has 0 bridgehead atoms. The number of hydrogen-bond donors (Lipinski definition) is 3. The largest absolute Gasteiger partial charge is 0.394 e. The van der Waals surface area contributed by atoms with Gasteiger partial charge in [-0.15, -0.1) is 11.8 Å². The number of rotatable bonds is 7. The van der Waals surface area contributed by atoms with Crippen molar-refractivity contribution in [2.24, 2.45) is 0 Å². The van der Waals surface area contributed by atoms with Crippen LogP contribution < -0.4 is 5.32 Å². The number of aliphatic hydroxyl groups excluding tert-OH is 2. The van der Waals surface area contributed by atoms with E-state index in [9.17, 15) is 9.18 Å². The van der Waals surface area contributed by atoms with E-state index in [1.165, 1.54) is 17.8 Å². The van der Waals surface area contributed by atoms with Gasteiger partial charge in [-0.05, 0) is 12.1 Å². The molecule has 0 heterocycles. The fourth-order valence-electron chi connectivity index (χ4n) is 1.20. The molecular weight excluding hydrogens is 257 g/mol. The molecule has 0 aliphatic rings. The summed E-state index contributed by atoms with van der Waals surface area (Å²) in [6, 6.07) is 6.39. The zero-order chi connectivity index (χ0) is 13.4. The summed E-state index contributed by atoms with van der Waals surface area (Å²) >= 11 is 1.27. The maximum atomic E-state index is 13.2. The molecule has 1 rings (SSSR count). The van der Waals surface area contributed by atoms with Crippen LogP contribution in [0.4, 0.5) is 4.39 Å². The van der Waals surface area contributed by atoms with Crippen LogP contribution in [0.1, 0.15) is 6.42 Å². The Bertz CT molecular complexity index is 389. The van der Waals surface area contributed by atoms with E-state index in [0.29, 0.717) is 10.6 Å². The number of aliphatic hydroxyl groups is 2. The van der Waals surface area contributed by atoms with Crippen LogP contribution in [-0.4, -0.2) is 41.1 Å². The first-order chi connectivity index (χ1) is 8.63. The van der Waals surface area contributed by atoms with Crippen molar-refractivity contribution in [1.29, 1.82) is 0 Å². The van der Waals surface area contributed by atoms with Crippen molar-refractivity contribution in [2.75, 3.05) is 18.9 Å². The van der Waals surface area contributed by atoms with Gasteiger partial charge in [0.25, 0.3) is 0 Å². The summed E-state index contributed by atoms with van der Waals surface area (Å²) in [5, 5.41) is 20.1. The van der Waals surface area contributed by atoms with Gasteiger partial charge in [-0.1, -0.05) is 12.1 Å². The lowest BCUT2D eigenvalue weighted by molar-refractivity contribution is -0.121. The predicted octanol–water partition coefficient (Wildman–Crippen LogP) is 0.777. The molecule has 100 valence electrons. The number of halogens is 1. The molecule has 1 atom stereocenters. The Morgan fingerprint density at radius 3 is 2.83 bits per heavy atom. The second-order valence-corrected chi connectivity index (χ2v) is 4.81. The van der Waals surface area contributed by atoms with Crippen LogP contribution in [0, 0.1) is 5.82 Å². The molecule has 1 unspecified atom stereocenters. The van der Waals surface area contributed by atoms with Crippen molar-refractivity contribution < 1.29 is 19.4 Å². The van der Waals surface area contributed by atoms with Gasteiger partial charge in [0.1, 0.15) is 5.82 Å². The Morgan fingerprint density at radius 1 is 1.44 bits per heavy atom. The molecule has 0 saturated heterocycles. The highest BCUT2D eigenvalue weighted by atomic mass is 32.2. The van der Waals surface area contributed by atoms with Crippen molar-refractivity contribution in [3.05, 3.63) is 30.1 Å². The standard InChI is InChI=1S/C12H16FNO3S/c13-10-3-1-2-4-11(10)18-6-5-12(17)14-7-9(16)8-15/h1-4,9,15-16H,5-8H2,(H,14,17). The number of nitrogens with one attached hydrogen (secondary N) is 1. The number of carbonyl (C=O) groups excluding carboxylic acids is 1. The molecule has 18 heavy (non-hydrogen) atoms. The maximum Gasteiger partial charge on any atom is 0.220 e. The van der Waals surface area contributed by atoms with Crippen molar-refractivity contribution in [2.45, 2.75) is 17.4 Å². The molecule has 1 aromatic rings. The Labute approximate surface area is 109 Å². The minimum Gasteiger partial charge on any atom is -0.394 e. The summed E-state index contributed by atoms with van der Waals surface area (Å²) in [6.07, 6.45) is -0.704. The molecule has 6 heteroatoms. The Hall–Kier alpha value is -1.11. The van der Waals surface area contributed by atoms with Gasteiger partial charge >= 0.3 is 0 Å². The first-order valence-electron chi connectivity index (χ1n) is 5.56. The minimum absolute atomic E-state index is 0.0275. The molecule has 0 aromatic heterocycles. The minimum atomic E-state index is -0.937. The van der Waals surface area contributed by atoms with Gasteiger partial charge in [0.15, 0.2) is 0 Å². The van der Waals surface area contributed by atoms with Crippen LogP contribution >= 0.6 is 11.8 Å². The fourth-order valence-corrected chi connectivity index (χ4v) is 2.09. The van der Waals surface area contributed by atoms with Crippen LogP contribution in [0.3, 0.4) is 0 Å². The van der Waals surface area contributed by atoms with E-state index in [2.05, 4.69) is 5.32 Å². The molecule has 4 nitrogen and oxygen atoms in total. The van der Waals surface area contributed by atoms with Crippen LogP contribution in [-0.2, 0) is 4.79 Å². The zero-order valence-electron chi connectivity index (χ0n) is 9.80. The van der Waals surface area contributed by atoms with Gasteiger partial charge < -0.3 is 15.5 Å². The fraction of sp³-hybridized carbons (Fsp3) is 0.417. The molecule has 1 amide bonds. The third-order valence-electron chi connectivity index (χ3n) is 2.17. The summed E-state index contributed by atoms with van der Waals surface area (Å²) in [4.78, 5) is 11.8. The van der Waals surface area contributed by atoms with Gasteiger partial charge in [0.05, 0.1) is 12.7 Å². The number of hydrogen-bond acceptors (Lipinski definition) is 4. The molecule has 0 aliphatic carbocycles. The lowest BCUT2D eigenvalue weighted by Crippen LogP contribution is -2.33. The first kappa shape index (κ1) is 14.9. The molecule has 0 saturated carbocycles. The first-order valence-corrected chi connectivity index (χ1v) is 6.55. The van der Waals surface area contributed by atoms with Crippen molar-refractivity contribution >= 4 is 17.7 Å². The average Bonchev–Trinajstić information content (AvgIpc) is 2.38. The summed E-state index contributed by atoms with van der Waals surface area (Å²) in [5.74, 6) is -0.0629. The Morgan fingerprint density at radius 2 is 2.17 bits per heavy atom. The number of thioether (sulfide) groups is 1. The molecule has 0 radical (unpaired) electrons. The average molecular weight is 273 g/mol. The zero-order valence-corrected chi connectivity index (χ0v) is 10.6. The number of carbonyl (C=O) groups is 1. The summed E-state index contributed by atoms with van der Waals surface area (Å²) in [6.45, 7) is -0.357. The van der Waals surface area contributed by atoms with Crippen LogP contribution in [0.15, 0.2) is 29.2 Å². The van der Waals surface area contributed by atoms with Crippen molar-refractivity contribution in [1.82, 2.24) is 5.32 Å². The van der Waals surface area contributed by atoms with E-state index in [0.717, 1.165) is 0 Å². The quantitative estimate of drug-likeness (QED) is 0.642. The van der Waals surface area contributed by atoms with Crippen LogP contribution in [0.25, 0.3) is 0 Å². The van der Waals surface area contributed by atoms with Gasteiger partial charge in [-0.3, -0.25) is 4.79 Å². The second-order valence-electron chi connectivity index (χ2n) is 3.67. The van der Waals surface area contributed by atoms with E-state index in [1.807, 2.05) is 0 Å². The van der Waals surface area contributed by atoms with E-state index in [-0.39, 0.29) is 31.3 Å². The summed E-state index contributed by atoms with van der Waals surface area (Å²) in [5.41, 5.74) is 0. The SMILES string of the molecule is O=C(CCSc1ccccc1F)NCC(O)CO. The van der Waals surface area contributed by atoms with E-state index >= 15 is 0 Å². The Balaban J connectivity index is 2.22. The maximum absolute atomic E-state index is 13.2. The normalized spacial score (nSPS) is 12.2. The highest BCUT2D eigenvalue weighted by Crippen LogP contribution is 2.21. The predicted molar refractivity (Wildman–Crippen MR) is 67.8 cm³/mol.